The molecule has 0 radical (unpaired) electrons. The standard InChI is InChI=1S/C17H23N5O.ClH/c1-17(18)8-3-2-7-14(17)16(23)20-12-13-6-4-9-19-15(13)22-11-5-10-21-22;/h4-6,9-11,14H,2-3,7-8,12,18H2,1H3,(H,20,23);1H. The minimum atomic E-state index is -0.415. The van der Waals surface area contributed by atoms with Gasteiger partial charge in [0.1, 0.15) is 0 Å². The third-order valence-electron chi connectivity index (χ3n) is 4.61. The number of nitrogens with zero attached hydrogens (tertiary/aromatic N) is 3. The van der Waals surface area contributed by atoms with Crippen LogP contribution in [-0.2, 0) is 11.3 Å². The summed E-state index contributed by atoms with van der Waals surface area (Å²) in [6, 6.07) is 5.66. The normalized spacial score (nSPS) is 23.3. The van der Waals surface area contributed by atoms with E-state index in [4.69, 9.17) is 5.73 Å². The van der Waals surface area contributed by atoms with Gasteiger partial charge < -0.3 is 11.1 Å². The Morgan fingerprint density at radius 2 is 2.25 bits per heavy atom. The number of aromatic nitrogens is 3. The Kier molecular flexibility index (Phi) is 5.96. The predicted octanol–water partition coefficient (Wildman–Crippen LogP) is 2.21. The minimum Gasteiger partial charge on any atom is -0.352 e. The van der Waals surface area contributed by atoms with Crippen molar-refractivity contribution in [2.24, 2.45) is 11.7 Å². The summed E-state index contributed by atoms with van der Waals surface area (Å²) in [7, 11) is 0. The molecule has 1 fully saturated rings. The lowest BCUT2D eigenvalue weighted by atomic mass is 9.74. The summed E-state index contributed by atoms with van der Waals surface area (Å²) >= 11 is 0. The summed E-state index contributed by atoms with van der Waals surface area (Å²) in [6.07, 6.45) is 9.19. The molecule has 2 unspecified atom stereocenters. The first-order valence-electron chi connectivity index (χ1n) is 8.08. The SMILES string of the molecule is CC1(N)CCCCC1C(=O)NCc1cccnc1-n1cccn1.Cl. The number of carbonyl (C=O) groups excluding carboxylic acids is 1. The van der Waals surface area contributed by atoms with Crippen molar-refractivity contribution in [2.75, 3.05) is 0 Å². The molecule has 7 heteroatoms. The van der Waals surface area contributed by atoms with Crippen molar-refractivity contribution >= 4 is 18.3 Å². The van der Waals surface area contributed by atoms with Crippen LogP contribution in [0.5, 0.6) is 0 Å². The van der Waals surface area contributed by atoms with E-state index in [-0.39, 0.29) is 24.2 Å². The lowest BCUT2D eigenvalue weighted by Gasteiger charge is -2.37. The van der Waals surface area contributed by atoms with Gasteiger partial charge in [0.15, 0.2) is 5.82 Å². The number of carbonyl (C=O) groups is 1. The van der Waals surface area contributed by atoms with Crippen molar-refractivity contribution in [1.82, 2.24) is 20.1 Å². The zero-order chi connectivity index (χ0) is 16.3. The van der Waals surface area contributed by atoms with E-state index in [0.29, 0.717) is 6.54 Å². The largest absolute Gasteiger partial charge is 0.352 e. The molecule has 0 aliphatic heterocycles. The lowest BCUT2D eigenvalue weighted by Crippen LogP contribution is -2.52. The third-order valence-corrected chi connectivity index (χ3v) is 4.61. The molecule has 2 aromatic rings. The van der Waals surface area contributed by atoms with Crippen LogP contribution in [0.25, 0.3) is 5.82 Å². The zero-order valence-corrected chi connectivity index (χ0v) is 14.6. The number of amides is 1. The molecule has 3 rings (SSSR count). The van der Waals surface area contributed by atoms with Gasteiger partial charge in [0.05, 0.1) is 5.92 Å². The molecule has 1 aliphatic carbocycles. The highest BCUT2D eigenvalue weighted by atomic mass is 35.5. The lowest BCUT2D eigenvalue weighted by molar-refractivity contribution is -0.128. The molecule has 1 aliphatic rings. The fourth-order valence-electron chi connectivity index (χ4n) is 3.26. The Morgan fingerprint density at radius 1 is 1.42 bits per heavy atom. The van der Waals surface area contributed by atoms with Crippen LogP contribution in [0.4, 0.5) is 0 Å². The first kappa shape index (κ1) is 18.4. The van der Waals surface area contributed by atoms with Crippen molar-refractivity contribution in [3.05, 3.63) is 42.4 Å². The van der Waals surface area contributed by atoms with Gasteiger partial charge in [0.2, 0.25) is 5.91 Å². The average molecular weight is 350 g/mol. The summed E-state index contributed by atoms with van der Waals surface area (Å²) in [5.74, 6) is 0.642. The maximum Gasteiger partial charge on any atom is 0.225 e. The number of hydrogen-bond acceptors (Lipinski definition) is 4. The van der Waals surface area contributed by atoms with Gasteiger partial charge in [0.25, 0.3) is 0 Å². The summed E-state index contributed by atoms with van der Waals surface area (Å²) in [5, 5.41) is 7.24. The van der Waals surface area contributed by atoms with Crippen LogP contribution in [0.3, 0.4) is 0 Å². The van der Waals surface area contributed by atoms with Crippen molar-refractivity contribution in [3.63, 3.8) is 0 Å². The monoisotopic (exact) mass is 349 g/mol. The highest BCUT2D eigenvalue weighted by Crippen LogP contribution is 2.31. The summed E-state index contributed by atoms with van der Waals surface area (Å²) in [5.41, 5.74) is 6.83. The third kappa shape index (κ3) is 3.94. The predicted molar refractivity (Wildman–Crippen MR) is 95.0 cm³/mol. The Morgan fingerprint density at radius 3 is 2.96 bits per heavy atom. The van der Waals surface area contributed by atoms with E-state index in [1.54, 1.807) is 17.1 Å². The van der Waals surface area contributed by atoms with Crippen molar-refractivity contribution in [3.8, 4) is 5.82 Å². The molecule has 0 bridgehead atoms. The fourth-order valence-corrected chi connectivity index (χ4v) is 3.26. The number of nitrogens with two attached hydrogens (primary N) is 1. The number of rotatable bonds is 4. The van der Waals surface area contributed by atoms with Crippen LogP contribution in [0.1, 0.15) is 38.2 Å². The van der Waals surface area contributed by atoms with Crippen LogP contribution in [0, 0.1) is 5.92 Å². The van der Waals surface area contributed by atoms with E-state index in [2.05, 4.69) is 15.4 Å². The summed E-state index contributed by atoms with van der Waals surface area (Å²) in [4.78, 5) is 16.9. The molecule has 130 valence electrons. The number of hydrogen-bond donors (Lipinski definition) is 2. The second-order valence-corrected chi connectivity index (χ2v) is 6.46. The molecule has 6 nitrogen and oxygen atoms in total. The smallest absolute Gasteiger partial charge is 0.225 e. The quantitative estimate of drug-likeness (QED) is 0.886. The Bertz CT molecular complexity index is 671. The summed E-state index contributed by atoms with van der Waals surface area (Å²) < 4.78 is 1.70. The topological polar surface area (TPSA) is 85.8 Å². The van der Waals surface area contributed by atoms with Gasteiger partial charge in [0, 0.05) is 36.2 Å². The maximum absolute atomic E-state index is 12.6. The van der Waals surface area contributed by atoms with Gasteiger partial charge >= 0.3 is 0 Å². The van der Waals surface area contributed by atoms with Gasteiger partial charge in [-0.05, 0) is 31.9 Å². The molecule has 24 heavy (non-hydrogen) atoms. The van der Waals surface area contributed by atoms with E-state index in [1.165, 1.54) is 0 Å². The highest BCUT2D eigenvalue weighted by Gasteiger charge is 2.37. The Balaban J connectivity index is 0.00000208. The van der Waals surface area contributed by atoms with Crippen LogP contribution in [0.2, 0.25) is 0 Å². The van der Waals surface area contributed by atoms with Crippen LogP contribution < -0.4 is 11.1 Å². The van der Waals surface area contributed by atoms with Gasteiger partial charge in [-0.1, -0.05) is 18.9 Å². The molecule has 2 heterocycles. The van der Waals surface area contributed by atoms with Gasteiger partial charge in [-0.15, -0.1) is 12.4 Å². The Labute approximate surface area is 148 Å². The molecule has 0 spiro atoms. The van der Waals surface area contributed by atoms with Crippen molar-refractivity contribution in [1.29, 1.82) is 0 Å². The molecule has 1 saturated carbocycles. The number of nitrogens with one attached hydrogen (secondary N) is 1. The maximum atomic E-state index is 12.6. The van der Waals surface area contributed by atoms with E-state index in [1.807, 2.05) is 31.3 Å². The van der Waals surface area contributed by atoms with E-state index in [0.717, 1.165) is 37.1 Å². The number of pyridine rings is 1. The number of halogens is 1. The van der Waals surface area contributed by atoms with Gasteiger partial charge in [-0.25, -0.2) is 9.67 Å². The van der Waals surface area contributed by atoms with Crippen LogP contribution >= 0.6 is 12.4 Å². The van der Waals surface area contributed by atoms with E-state index < -0.39 is 5.54 Å². The molecular weight excluding hydrogens is 326 g/mol. The first-order valence-corrected chi connectivity index (χ1v) is 8.08. The Hall–Kier alpha value is -1.92. The van der Waals surface area contributed by atoms with E-state index >= 15 is 0 Å². The van der Waals surface area contributed by atoms with Gasteiger partial charge in [-0.2, -0.15) is 5.10 Å². The molecule has 0 aromatic carbocycles. The van der Waals surface area contributed by atoms with Crippen molar-refractivity contribution in [2.45, 2.75) is 44.7 Å². The molecule has 2 atom stereocenters. The molecule has 3 N–H and O–H groups in total. The second-order valence-electron chi connectivity index (χ2n) is 6.46. The molecule has 0 saturated heterocycles. The molecule has 2 aromatic heterocycles. The highest BCUT2D eigenvalue weighted by molar-refractivity contribution is 5.85. The molecule has 1 amide bonds. The first-order chi connectivity index (χ1) is 11.1. The second kappa shape index (κ2) is 7.77. The van der Waals surface area contributed by atoms with Crippen LogP contribution in [-0.4, -0.2) is 26.2 Å². The van der Waals surface area contributed by atoms with E-state index in [9.17, 15) is 4.79 Å². The van der Waals surface area contributed by atoms with Gasteiger partial charge in [-0.3, -0.25) is 4.79 Å². The minimum absolute atomic E-state index is 0. The van der Waals surface area contributed by atoms with Crippen LogP contribution in [0.15, 0.2) is 36.8 Å². The van der Waals surface area contributed by atoms with Crippen molar-refractivity contribution < 1.29 is 4.79 Å². The zero-order valence-electron chi connectivity index (χ0n) is 13.8. The average Bonchev–Trinajstić information content (AvgIpc) is 3.07. The summed E-state index contributed by atoms with van der Waals surface area (Å²) in [6.45, 7) is 2.41. The fraction of sp³-hybridized carbons (Fsp3) is 0.471. The molecular formula is C17H24ClN5O.